The average molecular weight is 296 g/mol. The molecular formula is C16H22F2N2O. The minimum atomic E-state index is -0.795. The zero-order valence-corrected chi connectivity index (χ0v) is 12.5. The van der Waals surface area contributed by atoms with Crippen molar-refractivity contribution in [1.82, 2.24) is 10.2 Å². The Morgan fingerprint density at radius 1 is 1.29 bits per heavy atom. The molecule has 5 heteroatoms. The predicted octanol–water partition coefficient (Wildman–Crippen LogP) is 2.82. The second-order valence-corrected chi connectivity index (χ2v) is 5.84. The Morgan fingerprint density at radius 3 is 2.38 bits per heavy atom. The summed E-state index contributed by atoms with van der Waals surface area (Å²) in [5.74, 6) is -1.77. The smallest absolute Gasteiger partial charge is 0.260 e. The summed E-state index contributed by atoms with van der Waals surface area (Å²) in [5.41, 5.74) is -0.444. The number of halogens is 2. The third-order valence-corrected chi connectivity index (χ3v) is 3.97. The average Bonchev–Trinajstić information content (AvgIpc) is 2.45. The fourth-order valence-electron chi connectivity index (χ4n) is 2.72. The number of rotatable bonds is 4. The molecule has 1 aromatic rings. The molecule has 1 amide bonds. The SMILES string of the molecule is CC(C)N(CC1CCNCC1)C(=O)c1c(F)cccc1F. The molecule has 0 aliphatic carbocycles. The van der Waals surface area contributed by atoms with E-state index in [4.69, 9.17) is 0 Å². The zero-order valence-electron chi connectivity index (χ0n) is 12.5. The Bertz CT molecular complexity index is 479. The lowest BCUT2D eigenvalue weighted by Gasteiger charge is -2.33. The molecule has 1 heterocycles. The van der Waals surface area contributed by atoms with Gasteiger partial charge in [0, 0.05) is 12.6 Å². The molecule has 1 N–H and O–H groups in total. The van der Waals surface area contributed by atoms with Gasteiger partial charge in [0.1, 0.15) is 17.2 Å². The van der Waals surface area contributed by atoms with Crippen LogP contribution in [0.3, 0.4) is 0 Å². The van der Waals surface area contributed by atoms with Crippen LogP contribution in [0, 0.1) is 17.6 Å². The highest BCUT2D eigenvalue weighted by Crippen LogP contribution is 2.20. The third-order valence-electron chi connectivity index (χ3n) is 3.97. The molecule has 0 unspecified atom stereocenters. The van der Waals surface area contributed by atoms with E-state index in [2.05, 4.69) is 5.32 Å². The molecule has 116 valence electrons. The Hall–Kier alpha value is -1.49. The largest absolute Gasteiger partial charge is 0.336 e. The molecule has 1 saturated heterocycles. The maximum atomic E-state index is 13.8. The Balaban J connectivity index is 2.19. The quantitative estimate of drug-likeness (QED) is 0.926. The van der Waals surface area contributed by atoms with E-state index in [1.165, 1.54) is 6.07 Å². The molecule has 0 aromatic heterocycles. The number of hydrogen-bond acceptors (Lipinski definition) is 2. The van der Waals surface area contributed by atoms with Crippen molar-refractivity contribution in [3.05, 3.63) is 35.4 Å². The van der Waals surface area contributed by atoms with Crippen LogP contribution in [0.4, 0.5) is 8.78 Å². The lowest BCUT2D eigenvalue weighted by molar-refractivity contribution is 0.0648. The van der Waals surface area contributed by atoms with Crippen molar-refractivity contribution in [2.75, 3.05) is 19.6 Å². The van der Waals surface area contributed by atoms with E-state index in [0.717, 1.165) is 38.1 Å². The minimum absolute atomic E-state index is 0.0913. The molecule has 0 atom stereocenters. The van der Waals surface area contributed by atoms with Crippen molar-refractivity contribution < 1.29 is 13.6 Å². The van der Waals surface area contributed by atoms with E-state index >= 15 is 0 Å². The number of carbonyl (C=O) groups excluding carboxylic acids is 1. The number of carbonyl (C=O) groups is 1. The van der Waals surface area contributed by atoms with E-state index in [0.29, 0.717) is 12.5 Å². The van der Waals surface area contributed by atoms with Gasteiger partial charge >= 0.3 is 0 Å². The number of piperidine rings is 1. The summed E-state index contributed by atoms with van der Waals surface area (Å²) >= 11 is 0. The van der Waals surface area contributed by atoms with Crippen molar-refractivity contribution in [2.45, 2.75) is 32.7 Å². The Kier molecular flexibility index (Phi) is 5.28. The summed E-state index contributed by atoms with van der Waals surface area (Å²) < 4.78 is 27.6. The fourth-order valence-corrected chi connectivity index (χ4v) is 2.72. The molecule has 1 aliphatic rings. The van der Waals surface area contributed by atoms with Crippen molar-refractivity contribution in [1.29, 1.82) is 0 Å². The molecule has 1 aliphatic heterocycles. The second-order valence-electron chi connectivity index (χ2n) is 5.84. The molecule has 0 spiro atoms. The third kappa shape index (κ3) is 3.79. The van der Waals surface area contributed by atoms with Gasteiger partial charge in [-0.15, -0.1) is 0 Å². The highest BCUT2D eigenvalue weighted by Gasteiger charge is 2.27. The fraction of sp³-hybridized carbons (Fsp3) is 0.562. The van der Waals surface area contributed by atoms with Crippen molar-refractivity contribution in [3.8, 4) is 0 Å². The molecule has 0 radical (unpaired) electrons. The van der Waals surface area contributed by atoms with Crippen LogP contribution in [-0.4, -0.2) is 36.5 Å². The summed E-state index contributed by atoms with van der Waals surface area (Å²) in [5, 5.41) is 3.27. The summed E-state index contributed by atoms with van der Waals surface area (Å²) in [6.45, 7) is 6.15. The predicted molar refractivity (Wildman–Crippen MR) is 78.1 cm³/mol. The Labute approximate surface area is 124 Å². The summed E-state index contributed by atoms with van der Waals surface area (Å²) in [6, 6.07) is 3.43. The van der Waals surface area contributed by atoms with E-state index < -0.39 is 23.1 Å². The van der Waals surface area contributed by atoms with Crippen molar-refractivity contribution in [2.24, 2.45) is 5.92 Å². The van der Waals surface area contributed by atoms with E-state index in [-0.39, 0.29) is 6.04 Å². The molecule has 21 heavy (non-hydrogen) atoms. The monoisotopic (exact) mass is 296 g/mol. The van der Waals surface area contributed by atoms with Gasteiger partial charge in [-0.3, -0.25) is 4.79 Å². The van der Waals surface area contributed by atoms with Crippen LogP contribution in [0.15, 0.2) is 18.2 Å². The van der Waals surface area contributed by atoms with Gasteiger partial charge in [-0.1, -0.05) is 6.07 Å². The molecular weight excluding hydrogens is 274 g/mol. The number of benzene rings is 1. The maximum Gasteiger partial charge on any atom is 0.260 e. The van der Waals surface area contributed by atoms with Gasteiger partial charge in [0.05, 0.1) is 0 Å². The topological polar surface area (TPSA) is 32.3 Å². The first-order chi connectivity index (χ1) is 10.0. The van der Waals surface area contributed by atoms with Gasteiger partial charge in [-0.05, 0) is 57.8 Å². The van der Waals surface area contributed by atoms with Gasteiger partial charge in [-0.25, -0.2) is 8.78 Å². The molecule has 0 saturated carbocycles. The molecule has 2 rings (SSSR count). The van der Waals surface area contributed by atoms with Gasteiger partial charge in [0.2, 0.25) is 0 Å². The summed E-state index contributed by atoms with van der Waals surface area (Å²) in [6.07, 6.45) is 1.96. The van der Waals surface area contributed by atoms with E-state index in [9.17, 15) is 13.6 Å². The molecule has 1 aromatic carbocycles. The number of nitrogens with one attached hydrogen (secondary N) is 1. The zero-order chi connectivity index (χ0) is 15.4. The first-order valence-corrected chi connectivity index (χ1v) is 7.46. The van der Waals surface area contributed by atoms with Gasteiger partial charge in [0.25, 0.3) is 5.91 Å². The molecule has 3 nitrogen and oxygen atoms in total. The minimum Gasteiger partial charge on any atom is -0.336 e. The van der Waals surface area contributed by atoms with Gasteiger partial charge < -0.3 is 10.2 Å². The van der Waals surface area contributed by atoms with Crippen LogP contribution < -0.4 is 5.32 Å². The first-order valence-electron chi connectivity index (χ1n) is 7.46. The lowest BCUT2D eigenvalue weighted by Crippen LogP contribution is -2.43. The highest BCUT2D eigenvalue weighted by molar-refractivity contribution is 5.95. The first kappa shape index (κ1) is 15.9. The standard InChI is InChI=1S/C16H22F2N2O/c1-11(2)20(10-12-6-8-19-9-7-12)16(21)15-13(17)4-3-5-14(15)18/h3-5,11-12,19H,6-10H2,1-2H3. The molecule has 0 bridgehead atoms. The van der Waals surface area contributed by atoms with E-state index in [1.54, 1.807) is 4.90 Å². The van der Waals surface area contributed by atoms with Crippen LogP contribution in [-0.2, 0) is 0 Å². The lowest BCUT2D eigenvalue weighted by atomic mass is 9.96. The van der Waals surface area contributed by atoms with Crippen LogP contribution in [0.1, 0.15) is 37.0 Å². The van der Waals surface area contributed by atoms with Crippen LogP contribution in [0.25, 0.3) is 0 Å². The Morgan fingerprint density at radius 2 is 1.86 bits per heavy atom. The normalized spacial score (nSPS) is 16.2. The van der Waals surface area contributed by atoms with Crippen LogP contribution >= 0.6 is 0 Å². The summed E-state index contributed by atoms with van der Waals surface area (Å²) in [7, 11) is 0. The van der Waals surface area contributed by atoms with Crippen molar-refractivity contribution in [3.63, 3.8) is 0 Å². The van der Waals surface area contributed by atoms with Gasteiger partial charge in [-0.2, -0.15) is 0 Å². The number of nitrogens with zero attached hydrogens (tertiary/aromatic N) is 1. The van der Waals surface area contributed by atoms with E-state index in [1.807, 2.05) is 13.8 Å². The van der Waals surface area contributed by atoms with Gasteiger partial charge in [0.15, 0.2) is 0 Å². The van der Waals surface area contributed by atoms with Crippen LogP contribution in [0.2, 0.25) is 0 Å². The number of hydrogen-bond donors (Lipinski definition) is 1. The number of amides is 1. The van der Waals surface area contributed by atoms with Crippen LogP contribution in [0.5, 0.6) is 0 Å². The molecule has 1 fully saturated rings. The highest BCUT2D eigenvalue weighted by atomic mass is 19.1. The maximum absolute atomic E-state index is 13.8. The summed E-state index contributed by atoms with van der Waals surface area (Å²) in [4.78, 5) is 14.1. The second kappa shape index (κ2) is 6.98. The van der Waals surface area contributed by atoms with Crippen molar-refractivity contribution >= 4 is 5.91 Å².